The van der Waals surface area contributed by atoms with Crippen molar-refractivity contribution >= 4 is 17.1 Å². The molecular formula is C67H47NO. The minimum absolute atomic E-state index is 0.258. The summed E-state index contributed by atoms with van der Waals surface area (Å²) in [6, 6.07) is 100.0. The second kappa shape index (κ2) is 17.7. The number of para-hydroxylation sites is 3. The van der Waals surface area contributed by atoms with Crippen LogP contribution in [0.25, 0.3) is 66.8 Å². The molecule has 0 aromatic heterocycles. The van der Waals surface area contributed by atoms with Crippen LogP contribution in [0.3, 0.4) is 0 Å². The van der Waals surface area contributed by atoms with Crippen LogP contribution in [0.4, 0.5) is 17.1 Å². The molecule has 2 nitrogen and oxygen atoms in total. The van der Waals surface area contributed by atoms with Gasteiger partial charge in [0.15, 0.2) is 0 Å². The third-order valence-corrected chi connectivity index (χ3v) is 13.9. The van der Waals surface area contributed by atoms with Crippen molar-refractivity contribution in [3.05, 3.63) is 301 Å². The summed E-state index contributed by atoms with van der Waals surface area (Å²) in [6.45, 7) is 0. The zero-order chi connectivity index (χ0) is 46.2. The van der Waals surface area contributed by atoms with Crippen LogP contribution in [-0.2, 0) is 5.41 Å². The monoisotopic (exact) mass is 881 g/mol. The van der Waals surface area contributed by atoms with Crippen LogP contribution in [0.15, 0.2) is 279 Å². The van der Waals surface area contributed by atoms with E-state index in [1.54, 1.807) is 6.07 Å². The molecule has 12 rings (SSSR count). The van der Waals surface area contributed by atoms with E-state index >= 15 is 0 Å². The van der Waals surface area contributed by atoms with E-state index in [4.69, 9.17) is 0 Å². The van der Waals surface area contributed by atoms with Crippen molar-refractivity contribution in [1.29, 1.82) is 0 Å². The highest BCUT2D eigenvalue weighted by atomic mass is 16.3. The maximum absolute atomic E-state index is 11.0. The molecule has 0 saturated carbocycles. The Kier molecular flexibility index (Phi) is 10.6. The zero-order valence-electron chi connectivity index (χ0n) is 38.0. The Morgan fingerprint density at radius 3 is 1.35 bits per heavy atom. The third-order valence-electron chi connectivity index (χ3n) is 13.9. The van der Waals surface area contributed by atoms with Gasteiger partial charge in [-0.15, -0.1) is 0 Å². The Morgan fingerprint density at radius 2 is 0.696 bits per heavy atom. The Morgan fingerprint density at radius 1 is 0.275 bits per heavy atom. The highest BCUT2D eigenvalue weighted by molar-refractivity contribution is 5.98. The lowest BCUT2D eigenvalue weighted by molar-refractivity contribution is 0.477. The van der Waals surface area contributed by atoms with Gasteiger partial charge in [0.1, 0.15) is 5.75 Å². The van der Waals surface area contributed by atoms with Crippen molar-refractivity contribution in [2.45, 2.75) is 5.41 Å². The Bertz CT molecular complexity index is 3580. The number of aromatic hydroxyl groups is 1. The molecule has 1 aliphatic rings. The highest BCUT2D eigenvalue weighted by Crippen LogP contribution is 2.58. The lowest BCUT2D eigenvalue weighted by Crippen LogP contribution is -2.28. The molecule has 1 N–H and O–H groups in total. The number of phenols is 1. The smallest absolute Gasteiger partial charge is 0.123 e. The minimum atomic E-state index is -0.507. The van der Waals surface area contributed by atoms with Crippen LogP contribution in [0.5, 0.6) is 5.75 Å². The molecule has 0 unspecified atom stereocenters. The van der Waals surface area contributed by atoms with E-state index < -0.39 is 5.41 Å². The largest absolute Gasteiger partial charge is 0.507 e. The lowest BCUT2D eigenvalue weighted by atomic mass is 9.67. The van der Waals surface area contributed by atoms with Crippen LogP contribution in [-0.4, -0.2) is 5.11 Å². The van der Waals surface area contributed by atoms with E-state index in [9.17, 15) is 5.11 Å². The van der Waals surface area contributed by atoms with Gasteiger partial charge in [-0.1, -0.05) is 243 Å². The molecular weight excluding hydrogens is 835 g/mol. The van der Waals surface area contributed by atoms with Crippen molar-refractivity contribution in [3.63, 3.8) is 0 Å². The summed E-state index contributed by atoms with van der Waals surface area (Å²) in [5, 5.41) is 11.0. The summed E-state index contributed by atoms with van der Waals surface area (Å²) in [7, 11) is 0. The van der Waals surface area contributed by atoms with Gasteiger partial charge in [0.2, 0.25) is 0 Å². The van der Waals surface area contributed by atoms with Crippen LogP contribution in [0.2, 0.25) is 0 Å². The average molecular weight is 882 g/mol. The number of anilines is 3. The van der Waals surface area contributed by atoms with E-state index in [0.717, 1.165) is 56.0 Å². The van der Waals surface area contributed by atoms with Crippen molar-refractivity contribution in [3.8, 4) is 72.5 Å². The maximum atomic E-state index is 11.0. The van der Waals surface area contributed by atoms with Gasteiger partial charge in [-0.2, -0.15) is 0 Å². The Balaban J connectivity index is 1.07. The minimum Gasteiger partial charge on any atom is -0.507 e. The third kappa shape index (κ3) is 7.22. The molecule has 0 saturated heterocycles. The summed E-state index contributed by atoms with van der Waals surface area (Å²) >= 11 is 0. The lowest BCUT2D eigenvalue weighted by Gasteiger charge is -2.34. The van der Waals surface area contributed by atoms with Gasteiger partial charge in [-0.25, -0.2) is 0 Å². The van der Waals surface area contributed by atoms with Gasteiger partial charge in [-0.05, 0) is 109 Å². The number of benzene rings is 11. The van der Waals surface area contributed by atoms with E-state index in [-0.39, 0.29) is 5.75 Å². The first-order valence-electron chi connectivity index (χ1n) is 23.6. The average Bonchev–Trinajstić information content (AvgIpc) is 3.74. The maximum Gasteiger partial charge on any atom is 0.123 e. The number of hydrogen-bond acceptors (Lipinski definition) is 2. The van der Waals surface area contributed by atoms with Crippen molar-refractivity contribution < 1.29 is 5.11 Å². The summed E-state index contributed by atoms with van der Waals surface area (Å²) in [5.41, 5.74) is 21.0. The predicted molar refractivity (Wildman–Crippen MR) is 287 cm³/mol. The number of rotatable bonds is 10. The normalized spacial score (nSPS) is 12.2. The molecule has 0 fully saturated rings. The summed E-state index contributed by atoms with van der Waals surface area (Å²) in [6.07, 6.45) is 0. The first kappa shape index (κ1) is 41.5. The number of nitrogens with zero attached hydrogens (tertiary/aromatic N) is 1. The van der Waals surface area contributed by atoms with Gasteiger partial charge in [0, 0.05) is 22.4 Å². The van der Waals surface area contributed by atoms with Crippen LogP contribution >= 0.6 is 0 Å². The molecule has 326 valence electrons. The van der Waals surface area contributed by atoms with Crippen molar-refractivity contribution in [2.24, 2.45) is 0 Å². The molecule has 0 spiro atoms. The van der Waals surface area contributed by atoms with E-state index in [2.05, 4.69) is 260 Å². The SMILES string of the molecule is Oc1ccccc1-c1cccc(-c2ccccc2N(c2cccc(-c3cccc4c3-c3ccccc3C4(c3ccccc3)c3ccccc3)c2)c2ccccc2-c2ccc(-c3ccccc3)cc2)c1. The number of phenolic OH excluding ortho intramolecular Hbond substituents is 1. The van der Waals surface area contributed by atoms with E-state index in [0.29, 0.717) is 0 Å². The molecule has 2 heteroatoms. The van der Waals surface area contributed by atoms with Gasteiger partial charge in [0.05, 0.1) is 16.8 Å². The molecule has 0 heterocycles. The molecule has 69 heavy (non-hydrogen) atoms. The molecule has 0 amide bonds. The molecule has 0 atom stereocenters. The molecule has 1 aliphatic carbocycles. The predicted octanol–water partition coefficient (Wildman–Crippen LogP) is 17.6. The topological polar surface area (TPSA) is 23.5 Å². The zero-order valence-corrected chi connectivity index (χ0v) is 38.0. The van der Waals surface area contributed by atoms with Gasteiger partial charge >= 0.3 is 0 Å². The summed E-state index contributed by atoms with van der Waals surface area (Å²) in [5.74, 6) is 0.258. The van der Waals surface area contributed by atoms with E-state index in [1.807, 2.05) is 18.2 Å². The highest BCUT2D eigenvalue weighted by Gasteiger charge is 2.46. The fourth-order valence-corrected chi connectivity index (χ4v) is 10.8. The standard InChI is InChI=1S/C67H47NO/c69-65-40-17-13-33-58(65)51-24-18-23-50(45-51)57-32-12-16-39-64(57)68(63-38-15-11-31-56(63)49-43-41-48(42-44-49)47-21-4-1-5-22-47)55-30-19-25-52(46-55)59-35-20-37-62-66(59)60-34-10-14-36-61(60)67(62,53-26-6-2-7-27-53)54-28-8-3-9-29-54/h1-46,69H. The van der Waals surface area contributed by atoms with Gasteiger partial charge in [0.25, 0.3) is 0 Å². The second-order valence-corrected chi connectivity index (χ2v) is 17.7. The van der Waals surface area contributed by atoms with Crippen molar-refractivity contribution in [2.75, 3.05) is 4.90 Å². The Hall–Kier alpha value is -8.98. The van der Waals surface area contributed by atoms with Gasteiger partial charge in [-0.3, -0.25) is 0 Å². The summed E-state index contributed by atoms with van der Waals surface area (Å²) in [4.78, 5) is 2.43. The molecule has 11 aromatic carbocycles. The molecule has 0 radical (unpaired) electrons. The second-order valence-electron chi connectivity index (χ2n) is 17.7. The number of fused-ring (bicyclic) bond motifs is 3. The molecule has 0 bridgehead atoms. The Labute approximate surface area is 404 Å². The van der Waals surface area contributed by atoms with Crippen LogP contribution in [0, 0.1) is 0 Å². The summed E-state index contributed by atoms with van der Waals surface area (Å²) < 4.78 is 0. The fraction of sp³-hybridized carbons (Fsp3) is 0.0149. The number of hydrogen-bond donors (Lipinski definition) is 1. The fourth-order valence-electron chi connectivity index (χ4n) is 10.8. The first-order valence-corrected chi connectivity index (χ1v) is 23.6. The molecule has 0 aliphatic heterocycles. The van der Waals surface area contributed by atoms with Crippen LogP contribution < -0.4 is 4.90 Å². The quantitative estimate of drug-likeness (QED) is 0.148. The first-order chi connectivity index (χ1) is 34.2. The molecule has 11 aromatic rings. The van der Waals surface area contributed by atoms with Crippen LogP contribution in [0.1, 0.15) is 22.3 Å². The van der Waals surface area contributed by atoms with Crippen molar-refractivity contribution in [1.82, 2.24) is 0 Å². The van der Waals surface area contributed by atoms with E-state index in [1.165, 1.54) is 50.1 Å². The van der Waals surface area contributed by atoms with Gasteiger partial charge < -0.3 is 10.0 Å².